The number of nitrogens with zero attached hydrogens (tertiary/aromatic N) is 6. The number of tetrazole rings is 1. The fourth-order valence-electron chi connectivity index (χ4n) is 5.17. The third kappa shape index (κ3) is 5.72. The normalized spacial score (nSPS) is 19.4. The van der Waals surface area contributed by atoms with Gasteiger partial charge in [0.2, 0.25) is 11.1 Å². The minimum Gasteiger partial charge on any atom is -0.324 e. The molecule has 11 heteroatoms. The van der Waals surface area contributed by atoms with E-state index in [1.165, 1.54) is 48.6 Å². The molecule has 2 aromatic carbocycles. The van der Waals surface area contributed by atoms with Crippen molar-refractivity contribution in [2.24, 2.45) is 0 Å². The highest BCUT2D eigenvalue weighted by atomic mass is 35.5. The van der Waals surface area contributed by atoms with E-state index < -0.39 is 0 Å². The number of amides is 1. The molecule has 1 amide bonds. The molecule has 8 nitrogen and oxygen atoms in total. The number of halogens is 2. The number of aromatic nitrogens is 4. The SMILES string of the molecule is CN1CCN(CC2(c3ccc(NC(=O)CSc4nnnn4-c4ccc(C5CC5)cc4Cl)c(Cl)c3)CC2)CC1. The molecule has 0 bridgehead atoms. The molecule has 3 aliphatic rings. The quantitative estimate of drug-likeness (QED) is 0.367. The van der Waals surface area contributed by atoms with Crippen LogP contribution < -0.4 is 5.32 Å². The van der Waals surface area contributed by atoms with Crippen molar-refractivity contribution in [3.63, 3.8) is 0 Å². The number of carbonyl (C=O) groups excluding carboxylic acids is 1. The lowest BCUT2D eigenvalue weighted by Gasteiger charge is -2.35. The molecule has 3 fully saturated rings. The Kier molecular flexibility index (Phi) is 7.39. The summed E-state index contributed by atoms with van der Waals surface area (Å²) in [4.78, 5) is 17.7. The van der Waals surface area contributed by atoms with Gasteiger partial charge in [-0.15, -0.1) is 5.10 Å². The molecule has 0 unspecified atom stereocenters. The molecular formula is C27H31Cl2N7OS. The zero-order valence-corrected chi connectivity index (χ0v) is 23.7. The highest BCUT2D eigenvalue weighted by Gasteiger charge is 2.45. The number of benzene rings is 2. The minimum absolute atomic E-state index is 0.142. The first kappa shape index (κ1) is 26.1. The fraction of sp³-hybridized carbons (Fsp3) is 0.481. The third-order valence-corrected chi connectivity index (χ3v) is 9.39. The van der Waals surface area contributed by atoms with Crippen LogP contribution in [0.25, 0.3) is 5.69 Å². The number of hydrogen-bond acceptors (Lipinski definition) is 7. The lowest BCUT2D eigenvalue weighted by atomic mass is 9.94. The molecule has 1 N–H and O–H groups in total. The van der Waals surface area contributed by atoms with Gasteiger partial charge in [-0.25, -0.2) is 0 Å². The molecule has 0 radical (unpaired) electrons. The van der Waals surface area contributed by atoms with Crippen molar-refractivity contribution < 1.29 is 4.79 Å². The Morgan fingerprint density at radius 2 is 1.87 bits per heavy atom. The maximum Gasteiger partial charge on any atom is 0.234 e. The Morgan fingerprint density at radius 1 is 1.08 bits per heavy atom. The van der Waals surface area contributed by atoms with Crippen LogP contribution in [0.5, 0.6) is 0 Å². The van der Waals surface area contributed by atoms with Crippen LogP contribution in [0.3, 0.4) is 0 Å². The molecule has 38 heavy (non-hydrogen) atoms. The molecule has 2 aliphatic carbocycles. The molecular weight excluding hydrogens is 541 g/mol. The first-order chi connectivity index (χ1) is 18.4. The molecule has 0 spiro atoms. The van der Waals surface area contributed by atoms with E-state index in [9.17, 15) is 4.79 Å². The van der Waals surface area contributed by atoms with Crippen LogP contribution in [0.4, 0.5) is 5.69 Å². The molecule has 6 rings (SSSR count). The van der Waals surface area contributed by atoms with Gasteiger partial charge in [0, 0.05) is 38.1 Å². The van der Waals surface area contributed by atoms with Crippen molar-refractivity contribution in [2.75, 3.05) is 50.8 Å². The van der Waals surface area contributed by atoms with E-state index in [1.807, 2.05) is 24.3 Å². The van der Waals surface area contributed by atoms with Crippen molar-refractivity contribution >= 4 is 46.6 Å². The Hall–Kier alpha value is -2.17. The highest BCUT2D eigenvalue weighted by Crippen LogP contribution is 2.50. The minimum atomic E-state index is -0.173. The predicted molar refractivity (Wildman–Crippen MR) is 152 cm³/mol. The van der Waals surface area contributed by atoms with Crippen LogP contribution in [-0.4, -0.2) is 81.4 Å². The number of carbonyl (C=O) groups is 1. The standard InChI is InChI=1S/C27H31Cl2N7OS/c1-34-10-12-35(13-11-34)17-27(8-9-27)20-5-6-23(21(28)15-20)30-25(37)16-38-26-31-32-33-36(26)24-7-4-19(14-22(24)29)18-2-3-18/h4-7,14-15,18H,2-3,8-13,16-17H2,1H3,(H,30,37). The first-order valence-corrected chi connectivity index (χ1v) is 14.9. The smallest absolute Gasteiger partial charge is 0.234 e. The van der Waals surface area contributed by atoms with Crippen molar-refractivity contribution in [2.45, 2.75) is 42.2 Å². The molecule has 200 valence electrons. The summed E-state index contributed by atoms with van der Waals surface area (Å²) in [6.45, 7) is 5.53. The molecule has 1 saturated heterocycles. The van der Waals surface area contributed by atoms with Gasteiger partial charge < -0.3 is 10.2 Å². The summed E-state index contributed by atoms with van der Waals surface area (Å²) in [5, 5.41) is 16.6. The Bertz CT molecular complexity index is 1330. The summed E-state index contributed by atoms with van der Waals surface area (Å²) >= 11 is 14.4. The lowest BCUT2D eigenvalue weighted by molar-refractivity contribution is -0.113. The fourth-order valence-corrected chi connectivity index (χ4v) is 6.35. The van der Waals surface area contributed by atoms with E-state index in [0.29, 0.717) is 32.5 Å². The zero-order chi connectivity index (χ0) is 26.3. The topological polar surface area (TPSA) is 79.2 Å². The van der Waals surface area contributed by atoms with Crippen molar-refractivity contribution in [1.29, 1.82) is 0 Å². The van der Waals surface area contributed by atoms with Crippen molar-refractivity contribution in [3.05, 3.63) is 57.6 Å². The molecule has 1 aliphatic heterocycles. The Labute approximate surface area is 237 Å². The largest absolute Gasteiger partial charge is 0.324 e. The Balaban J connectivity index is 1.06. The summed E-state index contributed by atoms with van der Waals surface area (Å²) in [6, 6.07) is 12.1. The van der Waals surface area contributed by atoms with Gasteiger partial charge >= 0.3 is 0 Å². The molecule has 1 aromatic heterocycles. The lowest BCUT2D eigenvalue weighted by Crippen LogP contribution is -2.47. The second-order valence-corrected chi connectivity index (χ2v) is 12.5. The monoisotopic (exact) mass is 571 g/mol. The number of rotatable bonds is 9. The van der Waals surface area contributed by atoms with Gasteiger partial charge in [0.1, 0.15) is 0 Å². The summed E-state index contributed by atoms with van der Waals surface area (Å²) in [6.07, 6.45) is 4.78. The second-order valence-electron chi connectivity index (χ2n) is 10.7. The van der Waals surface area contributed by atoms with Gasteiger partial charge in [-0.3, -0.25) is 9.69 Å². The second kappa shape index (κ2) is 10.8. The van der Waals surface area contributed by atoms with Gasteiger partial charge in [-0.2, -0.15) is 4.68 Å². The predicted octanol–water partition coefficient (Wildman–Crippen LogP) is 4.86. The van der Waals surface area contributed by atoms with Gasteiger partial charge in [-0.05, 0) is 84.5 Å². The van der Waals surface area contributed by atoms with E-state index in [1.54, 1.807) is 4.68 Å². The van der Waals surface area contributed by atoms with Gasteiger partial charge in [0.05, 0.1) is 27.2 Å². The van der Waals surface area contributed by atoms with E-state index in [2.05, 4.69) is 49.8 Å². The summed E-state index contributed by atoms with van der Waals surface area (Å²) < 4.78 is 1.58. The van der Waals surface area contributed by atoms with E-state index in [-0.39, 0.29) is 17.1 Å². The van der Waals surface area contributed by atoms with Crippen LogP contribution in [0.2, 0.25) is 10.0 Å². The van der Waals surface area contributed by atoms with E-state index >= 15 is 0 Å². The summed E-state index contributed by atoms with van der Waals surface area (Å²) in [7, 11) is 2.18. The van der Waals surface area contributed by atoms with Crippen LogP contribution in [0, 0.1) is 0 Å². The zero-order valence-electron chi connectivity index (χ0n) is 21.4. The number of hydrogen-bond donors (Lipinski definition) is 1. The van der Waals surface area contributed by atoms with Crippen LogP contribution in [0.15, 0.2) is 41.6 Å². The van der Waals surface area contributed by atoms with Crippen LogP contribution in [0.1, 0.15) is 42.7 Å². The molecule has 0 atom stereocenters. The maximum atomic E-state index is 12.8. The first-order valence-electron chi connectivity index (χ1n) is 13.1. The number of piperazine rings is 1. The van der Waals surface area contributed by atoms with E-state index in [0.717, 1.165) is 32.7 Å². The Morgan fingerprint density at radius 3 is 2.55 bits per heavy atom. The maximum absolute atomic E-state index is 12.8. The van der Waals surface area contributed by atoms with Gasteiger partial charge in [0.15, 0.2) is 0 Å². The average Bonchev–Trinajstić information content (AvgIpc) is 3.84. The average molecular weight is 573 g/mol. The van der Waals surface area contributed by atoms with Crippen molar-refractivity contribution in [3.8, 4) is 5.69 Å². The van der Waals surface area contributed by atoms with E-state index in [4.69, 9.17) is 23.2 Å². The number of nitrogens with one attached hydrogen (secondary N) is 1. The highest BCUT2D eigenvalue weighted by molar-refractivity contribution is 7.99. The van der Waals surface area contributed by atoms with Gasteiger partial charge in [0.25, 0.3) is 0 Å². The molecule has 2 heterocycles. The number of thioether (sulfide) groups is 1. The van der Waals surface area contributed by atoms with Crippen LogP contribution in [-0.2, 0) is 10.2 Å². The number of anilines is 1. The third-order valence-electron chi connectivity index (χ3n) is 7.85. The summed E-state index contributed by atoms with van der Waals surface area (Å²) in [5.41, 5.74) is 4.02. The molecule has 3 aromatic rings. The van der Waals surface area contributed by atoms with Gasteiger partial charge in [-0.1, -0.05) is 47.1 Å². The number of likely N-dealkylation sites (N-methyl/N-ethyl adjacent to an activating group) is 1. The van der Waals surface area contributed by atoms with Crippen LogP contribution >= 0.6 is 35.0 Å². The van der Waals surface area contributed by atoms with Crippen molar-refractivity contribution in [1.82, 2.24) is 30.0 Å². The molecule has 2 saturated carbocycles. The summed E-state index contributed by atoms with van der Waals surface area (Å²) in [5.74, 6) is 0.581.